The van der Waals surface area contributed by atoms with Gasteiger partial charge in [-0.1, -0.05) is 0 Å². The lowest BCUT2D eigenvalue weighted by atomic mass is 10.3. The average Bonchev–Trinajstić information content (AvgIpc) is 3.18. The van der Waals surface area contributed by atoms with E-state index in [0.717, 1.165) is 9.27 Å². The zero-order valence-corrected chi connectivity index (χ0v) is 17.1. The molecule has 3 aliphatic heterocycles. The maximum Gasteiger partial charge on any atom is 0.163 e. The van der Waals surface area contributed by atoms with E-state index in [1.54, 1.807) is 23.5 Å². The van der Waals surface area contributed by atoms with Crippen molar-refractivity contribution in [2.75, 3.05) is 25.2 Å². The number of fused-ring (bicyclic) bond motifs is 1. The molecule has 7 nitrogen and oxygen atoms in total. The minimum atomic E-state index is -0.570. The smallest absolute Gasteiger partial charge is 0.163 e. The lowest BCUT2D eigenvalue weighted by Gasteiger charge is -2.27. The van der Waals surface area contributed by atoms with Crippen molar-refractivity contribution in [2.24, 2.45) is 4.99 Å². The summed E-state index contributed by atoms with van der Waals surface area (Å²) in [5, 5.41) is 4.81. The van der Waals surface area contributed by atoms with Crippen molar-refractivity contribution in [1.82, 2.24) is 9.96 Å². The zero-order valence-electron chi connectivity index (χ0n) is 15.0. The Morgan fingerprint density at radius 3 is 3.04 bits per heavy atom. The fraction of sp³-hybridized carbons (Fsp3) is 0.389. The van der Waals surface area contributed by atoms with E-state index in [1.165, 1.54) is 6.07 Å². The van der Waals surface area contributed by atoms with E-state index in [9.17, 15) is 4.39 Å². The van der Waals surface area contributed by atoms with E-state index in [2.05, 4.69) is 32.9 Å². The second-order valence-corrected chi connectivity index (χ2v) is 8.07. The Labute approximate surface area is 170 Å². The van der Waals surface area contributed by atoms with E-state index in [-0.39, 0.29) is 11.9 Å². The van der Waals surface area contributed by atoms with Gasteiger partial charge in [0.15, 0.2) is 5.79 Å². The van der Waals surface area contributed by atoms with Crippen LogP contribution in [0.5, 0.6) is 0 Å². The number of allylic oxidation sites excluding steroid dienone is 1. The van der Waals surface area contributed by atoms with Gasteiger partial charge in [-0.05, 0) is 54.6 Å². The molecule has 4 rings (SSSR count). The fourth-order valence-corrected chi connectivity index (χ4v) is 3.44. The third kappa shape index (κ3) is 4.26. The zero-order chi connectivity index (χ0) is 19.0. The SMILES string of the molecule is CC1(C)OC[C@H](CON2C=C3C=NC=C(Nc4ccc(I)cc4F)N3C2)O1. The van der Waals surface area contributed by atoms with Gasteiger partial charge in [0.05, 0.1) is 36.6 Å². The van der Waals surface area contributed by atoms with Crippen LogP contribution < -0.4 is 5.32 Å². The van der Waals surface area contributed by atoms with Crippen LogP contribution in [0.3, 0.4) is 0 Å². The number of benzene rings is 1. The maximum atomic E-state index is 14.2. The van der Waals surface area contributed by atoms with Gasteiger partial charge < -0.3 is 19.7 Å². The number of hydrogen-bond donors (Lipinski definition) is 1. The third-order valence-electron chi connectivity index (χ3n) is 4.25. The predicted molar refractivity (Wildman–Crippen MR) is 107 cm³/mol. The molecule has 1 N–H and O–H groups in total. The van der Waals surface area contributed by atoms with Crippen LogP contribution in [-0.4, -0.2) is 48.0 Å². The number of aliphatic imine (C=N–C) groups is 1. The molecule has 1 saturated heterocycles. The Morgan fingerprint density at radius 1 is 1.44 bits per heavy atom. The van der Waals surface area contributed by atoms with Gasteiger partial charge in [0.25, 0.3) is 0 Å². The largest absolute Gasteiger partial charge is 0.348 e. The average molecular weight is 486 g/mol. The molecule has 0 aliphatic carbocycles. The number of hydroxylamine groups is 2. The summed E-state index contributed by atoms with van der Waals surface area (Å²) >= 11 is 2.08. The van der Waals surface area contributed by atoms with E-state index in [1.807, 2.05) is 31.0 Å². The molecular weight excluding hydrogens is 466 g/mol. The van der Waals surface area contributed by atoms with Crippen LogP contribution in [0.15, 0.2) is 47.1 Å². The molecule has 9 heteroatoms. The first kappa shape index (κ1) is 18.7. The van der Waals surface area contributed by atoms with Gasteiger partial charge in [-0.3, -0.25) is 9.83 Å². The topological polar surface area (TPSA) is 58.6 Å². The fourth-order valence-electron chi connectivity index (χ4n) is 2.98. The molecule has 0 spiro atoms. The second kappa shape index (κ2) is 7.38. The molecule has 1 aromatic rings. The summed E-state index contributed by atoms with van der Waals surface area (Å²) in [4.78, 5) is 12.0. The number of ether oxygens (including phenoxy) is 2. The van der Waals surface area contributed by atoms with Gasteiger partial charge in [0.2, 0.25) is 0 Å². The predicted octanol–water partition coefficient (Wildman–Crippen LogP) is 3.23. The second-order valence-electron chi connectivity index (χ2n) is 6.83. The van der Waals surface area contributed by atoms with Crippen molar-refractivity contribution in [1.29, 1.82) is 0 Å². The highest BCUT2D eigenvalue weighted by Gasteiger charge is 2.34. The van der Waals surface area contributed by atoms with Crippen molar-refractivity contribution in [3.05, 3.63) is 51.5 Å². The Hall–Kier alpha value is -1.69. The van der Waals surface area contributed by atoms with Gasteiger partial charge >= 0.3 is 0 Å². The van der Waals surface area contributed by atoms with E-state index in [0.29, 0.717) is 31.4 Å². The molecule has 1 aromatic carbocycles. The van der Waals surface area contributed by atoms with Crippen LogP contribution in [0.25, 0.3) is 0 Å². The lowest BCUT2D eigenvalue weighted by Crippen LogP contribution is -2.33. The van der Waals surface area contributed by atoms with E-state index in [4.69, 9.17) is 14.3 Å². The number of nitrogens with one attached hydrogen (secondary N) is 1. The molecular formula is C18H20FIN4O3. The molecule has 3 heterocycles. The molecule has 3 aliphatic rings. The minimum absolute atomic E-state index is 0.112. The summed E-state index contributed by atoms with van der Waals surface area (Å²) in [6.07, 6.45) is 5.13. The highest BCUT2D eigenvalue weighted by Crippen LogP contribution is 2.27. The maximum absolute atomic E-state index is 14.2. The van der Waals surface area contributed by atoms with Gasteiger partial charge in [-0.2, -0.15) is 0 Å². The molecule has 0 unspecified atom stereocenters. The van der Waals surface area contributed by atoms with Gasteiger partial charge in [0.1, 0.15) is 31.0 Å². The molecule has 0 amide bonds. The summed E-state index contributed by atoms with van der Waals surface area (Å²) in [5.41, 5.74) is 1.26. The molecule has 0 saturated carbocycles. The highest BCUT2D eigenvalue weighted by molar-refractivity contribution is 14.1. The standard InChI is InChI=1S/C18H20FIN4O3/c1-18(2)25-9-14(27-18)10-26-23-8-13-6-21-7-17(24(13)11-23)22-16-4-3-12(20)5-15(16)19/h3-8,14,22H,9-11H2,1-2H3/t14-/m1/s1. The normalized spacial score (nSPS) is 23.3. The number of halogens is 2. The van der Waals surface area contributed by atoms with Crippen molar-refractivity contribution in [2.45, 2.75) is 25.7 Å². The molecule has 0 aromatic heterocycles. The number of rotatable bonds is 5. The summed E-state index contributed by atoms with van der Waals surface area (Å²) in [6.45, 7) is 5.11. The summed E-state index contributed by atoms with van der Waals surface area (Å²) in [7, 11) is 0. The first-order valence-electron chi connectivity index (χ1n) is 8.56. The van der Waals surface area contributed by atoms with Crippen LogP contribution in [0, 0.1) is 9.39 Å². The summed E-state index contributed by atoms with van der Waals surface area (Å²) in [5.74, 6) is -0.202. The molecule has 1 fully saturated rings. The first-order valence-corrected chi connectivity index (χ1v) is 9.64. The molecule has 0 bridgehead atoms. The van der Waals surface area contributed by atoms with Crippen molar-refractivity contribution in [3.8, 4) is 0 Å². The van der Waals surface area contributed by atoms with Crippen LogP contribution >= 0.6 is 22.6 Å². The Kier molecular flexibility index (Phi) is 5.10. The monoisotopic (exact) mass is 486 g/mol. The van der Waals surface area contributed by atoms with Crippen LogP contribution in [0.2, 0.25) is 0 Å². The number of nitrogens with zero attached hydrogens (tertiary/aromatic N) is 3. The molecule has 144 valence electrons. The van der Waals surface area contributed by atoms with Crippen LogP contribution in [-0.2, 0) is 14.3 Å². The van der Waals surface area contributed by atoms with Crippen molar-refractivity contribution in [3.63, 3.8) is 0 Å². The van der Waals surface area contributed by atoms with E-state index < -0.39 is 5.79 Å². The molecule has 0 radical (unpaired) electrons. The molecule has 27 heavy (non-hydrogen) atoms. The Balaban J connectivity index is 1.37. The van der Waals surface area contributed by atoms with Crippen LogP contribution in [0.1, 0.15) is 13.8 Å². The number of anilines is 1. The summed E-state index contributed by atoms with van der Waals surface area (Å²) < 4.78 is 26.3. The highest BCUT2D eigenvalue weighted by atomic mass is 127. The quantitative estimate of drug-likeness (QED) is 0.646. The molecule has 1 atom stereocenters. The van der Waals surface area contributed by atoms with Gasteiger partial charge in [-0.25, -0.2) is 9.45 Å². The van der Waals surface area contributed by atoms with E-state index >= 15 is 0 Å². The Bertz CT molecular complexity index is 827. The summed E-state index contributed by atoms with van der Waals surface area (Å²) in [6, 6.07) is 5.04. The first-order chi connectivity index (χ1) is 12.9. The van der Waals surface area contributed by atoms with Crippen molar-refractivity contribution < 1.29 is 18.7 Å². The van der Waals surface area contributed by atoms with Gasteiger partial charge in [0, 0.05) is 3.57 Å². The lowest BCUT2D eigenvalue weighted by molar-refractivity contribution is -0.178. The van der Waals surface area contributed by atoms with Crippen molar-refractivity contribution >= 4 is 34.5 Å². The van der Waals surface area contributed by atoms with Crippen LogP contribution in [0.4, 0.5) is 10.1 Å². The third-order valence-corrected chi connectivity index (χ3v) is 4.92. The van der Waals surface area contributed by atoms with Gasteiger partial charge in [-0.15, -0.1) is 0 Å². The number of hydrogen-bond acceptors (Lipinski definition) is 7. The Morgan fingerprint density at radius 2 is 2.30 bits per heavy atom. The minimum Gasteiger partial charge on any atom is -0.348 e.